The van der Waals surface area contributed by atoms with Crippen LogP contribution in [0.2, 0.25) is 0 Å². The van der Waals surface area contributed by atoms with Gasteiger partial charge in [-0.3, -0.25) is 0 Å². The first-order valence-electron chi connectivity index (χ1n) is 5.47. The van der Waals surface area contributed by atoms with Gasteiger partial charge in [0, 0.05) is 6.07 Å². The summed E-state index contributed by atoms with van der Waals surface area (Å²) < 4.78 is 30.8. The van der Waals surface area contributed by atoms with Gasteiger partial charge in [-0.25, -0.2) is 8.78 Å². The molecule has 0 bridgehead atoms. The van der Waals surface area contributed by atoms with Crippen molar-refractivity contribution in [2.75, 3.05) is 6.61 Å². The summed E-state index contributed by atoms with van der Waals surface area (Å²) in [5.41, 5.74) is 0.549. The molecular formula is C14H12F2O2. The third-order valence-electron chi connectivity index (χ3n) is 2.46. The first kappa shape index (κ1) is 12.5. The summed E-state index contributed by atoms with van der Waals surface area (Å²) in [6.07, 6.45) is -0.881. The van der Waals surface area contributed by atoms with Gasteiger partial charge in [0.15, 0.2) is 0 Å². The van der Waals surface area contributed by atoms with Gasteiger partial charge >= 0.3 is 0 Å². The highest BCUT2D eigenvalue weighted by molar-refractivity contribution is 5.23. The molecule has 1 N–H and O–H groups in total. The minimum atomic E-state index is -0.881. The SMILES string of the molecule is OC(COc1cccc(F)c1)c1ccc(F)cc1. The molecule has 0 aliphatic carbocycles. The molecule has 1 unspecified atom stereocenters. The molecule has 4 heteroatoms. The van der Waals surface area contributed by atoms with Gasteiger partial charge in [0.2, 0.25) is 0 Å². The van der Waals surface area contributed by atoms with Crippen LogP contribution in [0.15, 0.2) is 48.5 Å². The van der Waals surface area contributed by atoms with Crippen LogP contribution in [-0.4, -0.2) is 11.7 Å². The summed E-state index contributed by atoms with van der Waals surface area (Å²) in [5, 5.41) is 9.80. The lowest BCUT2D eigenvalue weighted by atomic mass is 10.1. The minimum absolute atomic E-state index is 0.0188. The molecule has 0 amide bonds. The van der Waals surface area contributed by atoms with E-state index < -0.39 is 11.9 Å². The number of aliphatic hydroxyl groups is 1. The molecule has 0 aromatic heterocycles. The summed E-state index contributed by atoms with van der Waals surface area (Å²) in [7, 11) is 0. The Morgan fingerprint density at radius 1 is 1.00 bits per heavy atom. The Bertz CT molecular complexity index is 511. The van der Waals surface area contributed by atoms with Crippen molar-refractivity contribution in [1.82, 2.24) is 0 Å². The van der Waals surface area contributed by atoms with Crippen molar-refractivity contribution in [3.05, 3.63) is 65.7 Å². The van der Waals surface area contributed by atoms with Crippen molar-refractivity contribution in [3.8, 4) is 5.75 Å². The Labute approximate surface area is 103 Å². The molecule has 0 heterocycles. The second-order valence-electron chi connectivity index (χ2n) is 3.84. The van der Waals surface area contributed by atoms with Gasteiger partial charge in [-0.2, -0.15) is 0 Å². The van der Waals surface area contributed by atoms with Crippen LogP contribution < -0.4 is 4.74 Å². The normalized spacial score (nSPS) is 12.2. The third-order valence-corrected chi connectivity index (χ3v) is 2.46. The van der Waals surface area contributed by atoms with E-state index in [4.69, 9.17) is 4.74 Å². The molecule has 94 valence electrons. The monoisotopic (exact) mass is 250 g/mol. The quantitative estimate of drug-likeness (QED) is 0.903. The van der Waals surface area contributed by atoms with Crippen molar-refractivity contribution >= 4 is 0 Å². The van der Waals surface area contributed by atoms with Gasteiger partial charge in [-0.1, -0.05) is 18.2 Å². The fourth-order valence-electron chi connectivity index (χ4n) is 1.51. The lowest BCUT2D eigenvalue weighted by Crippen LogP contribution is -2.09. The average molecular weight is 250 g/mol. The zero-order valence-electron chi connectivity index (χ0n) is 9.51. The van der Waals surface area contributed by atoms with E-state index in [2.05, 4.69) is 0 Å². The highest BCUT2D eigenvalue weighted by Gasteiger charge is 2.08. The van der Waals surface area contributed by atoms with E-state index >= 15 is 0 Å². The lowest BCUT2D eigenvalue weighted by molar-refractivity contribution is 0.108. The molecule has 0 fully saturated rings. The van der Waals surface area contributed by atoms with Crippen LogP contribution in [0.5, 0.6) is 5.75 Å². The molecule has 2 aromatic rings. The zero-order valence-corrected chi connectivity index (χ0v) is 9.51. The van der Waals surface area contributed by atoms with E-state index in [1.807, 2.05) is 0 Å². The van der Waals surface area contributed by atoms with E-state index in [9.17, 15) is 13.9 Å². The lowest BCUT2D eigenvalue weighted by Gasteiger charge is -2.12. The van der Waals surface area contributed by atoms with Gasteiger partial charge in [-0.05, 0) is 29.8 Å². The Morgan fingerprint density at radius 2 is 1.72 bits per heavy atom. The van der Waals surface area contributed by atoms with E-state index in [1.54, 1.807) is 6.07 Å². The van der Waals surface area contributed by atoms with Crippen molar-refractivity contribution < 1.29 is 18.6 Å². The molecule has 1 atom stereocenters. The van der Waals surface area contributed by atoms with Crippen LogP contribution >= 0.6 is 0 Å². The molecule has 2 rings (SSSR count). The van der Waals surface area contributed by atoms with E-state index in [1.165, 1.54) is 42.5 Å². The predicted molar refractivity (Wildman–Crippen MR) is 63.3 cm³/mol. The zero-order chi connectivity index (χ0) is 13.0. The van der Waals surface area contributed by atoms with Crippen LogP contribution in [0.1, 0.15) is 11.7 Å². The Hall–Kier alpha value is -1.94. The van der Waals surface area contributed by atoms with Crippen molar-refractivity contribution in [3.63, 3.8) is 0 Å². The summed E-state index contributed by atoms with van der Waals surface area (Å²) in [6, 6.07) is 11.2. The average Bonchev–Trinajstić information content (AvgIpc) is 2.37. The topological polar surface area (TPSA) is 29.5 Å². The number of aliphatic hydroxyl groups excluding tert-OH is 1. The molecule has 0 aliphatic heterocycles. The first-order chi connectivity index (χ1) is 8.65. The maximum absolute atomic E-state index is 12.9. The Morgan fingerprint density at radius 3 is 2.39 bits per heavy atom. The molecule has 0 saturated carbocycles. The molecule has 0 aliphatic rings. The van der Waals surface area contributed by atoms with Crippen LogP contribution in [0.25, 0.3) is 0 Å². The highest BCUT2D eigenvalue weighted by Crippen LogP contribution is 2.17. The molecule has 18 heavy (non-hydrogen) atoms. The summed E-state index contributed by atoms with van der Waals surface area (Å²) in [5.74, 6) is -0.420. The third kappa shape index (κ3) is 3.28. The van der Waals surface area contributed by atoms with Crippen molar-refractivity contribution in [1.29, 1.82) is 0 Å². The molecule has 0 spiro atoms. The van der Waals surface area contributed by atoms with E-state index in [0.29, 0.717) is 11.3 Å². The van der Waals surface area contributed by atoms with Gasteiger partial charge in [0.05, 0.1) is 0 Å². The number of benzene rings is 2. The van der Waals surface area contributed by atoms with E-state index in [0.717, 1.165) is 0 Å². The molecule has 0 saturated heterocycles. The number of hydrogen-bond donors (Lipinski definition) is 1. The van der Waals surface area contributed by atoms with Crippen LogP contribution in [0, 0.1) is 11.6 Å². The predicted octanol–water partition coefficient (Wildman–Crippen LogP) is 3.08. The summed E-state index contributed by atoms with van der Waals surface area (Å²) >= 11 is 0. The fourth-order valence-corrected chi connectivity index (χ4v) is 1.51. The number of ether oxygens (including phenoxy) is 1. The van der Waals surface area contributed by atoms with Crippen LogP contribution in [0.4, 0.5) is 8.78 Å². The standard InChI is InChI=1S/C14H12F2O2/c15-11-6-4-10(5-7-11)14(17)9-18-13-3-1-2-12(16)8-13/h1-8,14,17H,9H2. The van der Waals surface area contributed by atoms with Crippen LogP contribution in [0.3, 0.4) is 0 Å². The summed E-state index contributed by atoms with van der Waals surface area (Å²) in [6.45, 7) is -0.0188. The highest BCUT2D eigenvalue weighted by atomic mass is 19.1. The summed E-state index contributed by atoms with van der Waals surface area (Å²) in [4.78, 5) is 0. The number of hydrogen-bond acceptors (Lipinski definition) is 2. The van der Waals surface area contributed by atoms with Gasteiger partial charge in [0.25, 0.3) is 0 Å². The largest absolute Gasteiger partial charge is 0.490 e. The first-order valence-corrected chi connectivity index (χ1v) is 5.47. The molecular weight excluding hydrogens is 238 g/mol. The number of rotatable bonds is 4. The molecule has 2 nitrogen and oxygen atoms in total. The maximum atomic E-state index is 12.9. The second-order valence-corrected chi connectivity index (χ2v) is 3.84. The van der Waals surface area contributed by atoms with Gasteiger partial charge < -0.3 is 9.84 Å². The van der Waals surface area contributed by atoms with Gasteiger partial charge in [0.1, 0.15) is 30.1 Å². The Kier molecular flexibility index (Phi) is 3.89. The minimum Gasteiger partial charge on any atom is -0.490 e. The molecule has 2 aromatic carbocycles. The molecule has 0 radical (unpaired) electrons. The van der Waals surface area contributed by atoms with Crippen molar-refractivity contribution in [2.45, 2.75) is 6.10 Å². The second kappa shape index (κ2) is 5.60. The Balaban J connectivity index is 1.96. The van der Waals surface area contributed by atoms with Gasteiger partial charge in [-0.15, -0.1) is 0 Å². The fraction of sp³-hybridized carbons (Fsp3) is 0.143. The maximum Gasteiger partial charge on any atom is 0.126 e. The van der Waals surface area contributed by atoms with Crippen molar-refractivity contribution in [2.24, 2.45) is 0 Å². The number of halogens is 2. The van der Waals surface area contributed by atoms with Crippen LogP contribution in [-0.2, 0) is 0 Å². The van der Waals surface area contributed by atoms with E-state index in [-0.39, 0.29) is 12.4 Å². The smallest absolute Gasteiger partial charge is 0.126 e.